The third-order valence-electron chi connectivity index (χ3n) is 7.95. The molecular formula is C35H27N5. The molecule has 0 atom stereocenters. The fourth-order valence-corrected chi connectivity index (χ4v) is 6.12. The number of anilines is 6. The molecule has 192 valence electrons. The van der Waals surface area contributed by atoms with E-state index in [-0.39, 0.29) is 0 Å². The zero-order chi connectivity index (χ0) is 26.6. The van der Waals surface area contributed by atoms with E-state index < -0.39 is 0 Å². The molecule has 0 aliphatic carbocycles. The van der Waals surface area contributed by atoms with Gasteiger partial charge >= 0.3 is 0 Å². The standard InChI is InChI=1S/C35H27N5/c1-37-24-39(34-17-8-7-16-33(34)37)26-12-9-13-27(22-26)40(25-10-3-2-4-11-25)28-18-19-29-30-14-5-6-15-32(30)38-21-20-36-35(38)31(29)23-28/h2-23H,24H2,1H3. The van der Waals surface area contributed by atoms with Gasteiger partial charge in [-0.3, -0.25) is 4.40 Å². The van der Waals surface area contributed by atoms with Crippen LogP contribution in [-0.2, 0) is 0 Å². The number of benzene rings is 5. The van der Waals surface area contributed by atoms with Crippen LogP contribution in [0.1, 0.15) is 0 Å². The molecule has 0 saturated heterocycles. The Labute approximate surface area is 232 Å². The van der Waals surface area contributed by atoms with Crippen LogP contribution < -0.4 is 14.7 Å². The molecule has 5 heteroatoms. The molecule has 1 aliphatic rings. The predicted octanol–water partition coefficient (Wildman–Crippen LogP) is 8.66. The molecule has 0 amide bonds. The first-order valence-electron chi connectivity index (χ1n) is 13.6. The molecule has 0 saturated carbocycles. The molecule has 40 heavy (non-hydrogen) atoms. The van der Waals surface area contributed by atoms with Gasteiger partial charge in [0.15, 0.2) is 0 Å². The summed E-state index contributed by atoms with van der Waals surface area (Å²) in [6.07, 6.45) is 3.93. The van der Waals surface area contributed by atoms with Crippen LogP contribution >= 0.6 is 0 Å². The minimum absolute atomic E-state index is 0.815. The highest BCUT2D eigenvalue weighted by molar-refractivity contribution is 6.12. The lowest BCUT2D eigenvalue weighted by Gasteiger charge is -2.28. The van der Waals surface area contributed by atoms with E-state index in [1.165, 1.54) is 27.7 Å². The summed E-state index contributed by atoms with van der Waals surface area (Å²) in [5.41, 5.74) is 9.08. The van der Waals surface area contributed by atoms with Crippen LogP contribution in [0.15, 0.2) is 134 Å². The molecule has 0 bridgehead atoms. The molecule has 0 fully saturated rings. The van der Waals surface area contributed by atoms with E-state index in [0.717, 1.165) is 40.5 Å². The van der Waals surface area contributed by atoms with Gasteiger partial charge in [0.1, 0.15) is 5.65 Å². The molecule has 0 spiro atoms. The number of imidazole rings is 1. The number of fused-ring (bicyclic) bond motifs is 7. The van der Waals surface area contributed by atoms with E-state index in [0.29, 0.717) is 0 Å². The Morgan fingerprint density at radius 1 is 0.625 bits per heavy atom. The van der Waals surface area contributed by atoms with Crippen LogP contribution in [0.3, 0.4) is 0 Å². The van der Waals surface area contributed by atoms with Crippen LogP contribution in [0.2, 0.25) is 0 Å². The minimum atomic E-state index is 0.815. The second kappa shape index (κ2) is 8.89. The van der Waals surface area contributed by atoms with E-state index in [1.807, 2.05) is 12.4 Å². The quantitative estimate of drug-likeness (QED) is 0.218. The lowest BCUT2D eigenvalue weighted by atomic mass is 10.0. The van der Waals surface area contributed by atoms with Gasteiger partial charge in [0.05, 0.1) is 23.6 Å². The molecule has 5 nitrogen and oxygen atoms in total. The number of hydrogen-bond acceptors (Lipinski definition) is 4. The van der Waals surface area contributed by atoms with Gasteiger partial charge in [0, 0.05) is 53.0 Å². The van der Waals surface area contributed by atoms with E-state index in [9.17, 15) is 0 Å². The molecule has 2 aromatic heterocycles. The van der Waals surface area contributed by atoms with Gasteiger partial charge in [0.2, 0.25) is 0 Å². The average molecular weight is 518 g/mol. The summed E-state index contributed by atoms with van der Waals surface area (Å²) in [6, 6.07) is 43.3. The van der Waals surface area contributed by atoms with Crippen molar-refractivity contribution in [3.8, 4) is 0 Å². The smallest absolute Gasteiger partial charge is 0.145 e. The lowest BCUT2D eigenvalue weighted by Crippen LogP contribution is -2.24. The highest BCUT2D eigenvalue weighted by Crippen LogP contribution is 2.43. The maximum absolute atomic E-state index is 4.77. The van der Waals surface area contributed by atoms with Gasteiger partial charge in [-0.25, -0.2) is 4.98 Å². The maximum atomic E-state index is 4.77. The Morgan fingerprint density at radius 3 is 2.27 bits per heavy atom. The summed E-state index contributed by atoms with van der Waals surface area (Å²) in [5, 5.41) is 3.56. The third-order valence-corrected chi connectivity index (χ3v) is 7.95. The van der Waals surface area contributed by atoms with Crippen molar-refractivity contribution in [3.05, 3.63) is 134 Å². The van der Waals surface area contributed by atoms with Crippen molar-refractivity contribution >= 4 is 61.4 Å². The van der Waals surface area contributed by atoms with Crippen molar-refractivity contribution in [1.29, 1.82) is 0 Å². The van der Waals surface area contributed by atoms with Gasteiger partial charge in [-0.2, -0.15) is 0 Å². The van der Waals surface area contributed by atoms with Gasteiger partial charge in [0.25, 0.3) is 0 Å². The summed E-state index contributed by atoms with van der Waals surface area (Å²) in [4.78, 5) is 11.8. The first-order valence-corrected chi connectivity index (χ1v) is 13.6. The molecule has 3 heterocycles. The van der Waals surface area contributed by atoms with Crippen LogP contribution in [0.5, 0.6) is 0 Å². The fourth-order valence-electron chi connectivity index (χ4n) is 6.12. The number of pyridine rings is 1. The monoisotopic (exact) mass is 517 g/mol. The Bertz CT molecular complexity index is 2030. The van der Waals surface area contributed by atoms with E-state index in [2.05, 4.69) is 147 Å². The summed E-state index contributed by atoms with van der Waals surface area (Å²) in [5.74, 6) is 0. The van der Waals surface area contributed by atoms with Crippen LogP contribution in [-0.4, -0.2) is 23.1 Å². The number of aromatic nitrogens is 2. The van der Waals surface area contributed by atoms with Crippen molar-refractivity contribution in [1.82, 2.24) is 9.38 Å². The largest absolute Gasteiger partial charge is 0.355 e. The lowest BCUT2D eigenvalue weighted by molar-refractivity contribution is 0.949. The average Bonchev–Trinajstić information content (AvgIpc) is 3.64. The topological polar surface area (TPSA) is 27.0 Å². The molecule has 1 aliphatic heterocycles. The Balaban J connectivity index is 1.32. The Morgan fingerprint density at radius 2 is 1.38 bits per heavy atom. The zero-order valence-corrected chi connectivity index (χ0v) is 22.1. The molecule has 7 aromatic rings. The summed E-state index contributed by atoms with van der Waals surface area (Å²) < 4.78 is 2.19. The van der Waals surface area contributed by atoms with Crippen LogP contribution in [0.25, 0.3) is 27.3 Å². The molecule has 0 unspecified atom stereocenters. The Hall–Kier alpha value is -5.29. The first kappa shape index (κ1) is 22.7. The second-order valence-corrected chi connectivity index (χ2v) is 10.3. The molecule has 0 radical (unpaired) electrons. The number of para-hydroxylation sites is 4. The summed E-state index contributed by atoms with van der Waals surface area (Å²) >= 11 is 0. The van der Waals surface area contributed by atoms with Gasteiger partial charge in [-0.05, 0) is 66.0 Å². The second-order valence-electron chi connectivity index (χ2n) is 10.3. The van der Waals surface area contributed by atoms with Crippen LogP contribution in [0.4, 0.5) is 34.1 Å². The van der Waals surface area contributed by atoms with E-state index in [1.54, 1.807) is 0 Å². The molecule has 5 aromatic carbocycles. The number of hydrogen-bond donors (Lipinski definition) is 0. The zero-order valence-electron chi connectivity index (χ0n) is 22.1. The Kier molecular flexibility index (Phi) is 5.04. The maximum Gasteiger partial charge on any atom is 0.145 e. The minimum Gasteiger partial charge on any atom is -0.355 e. The highest BCUT2D eigenvalue weighted by Gasteiger charge is 2.25. The van der Waals surface area contributed by atoms with Gasteiger partial charge in [-0.1, -0.05) is 60.7 Å². The predicted molar refractivity (Wildman–Crippen MR) is 167 cm³/mol. The van der Waals surface area contributed by atoms with Crippen molar-refractivity contribution in [2.45, 2.75) is 0 Å². The number of rotatable bonds is 4. The SMILES string of the molecule is CN1CN(c2cccc(N(c3ccccc3)c3ccc4c5ccccc5n5ccnc5c4c3)c2)c2ccccc21. The normalized spacial score (nSPS) is 12.9. The number of nitrogens with zero attached hydrogens (tertiary/aromatic N) is 5. The first-order chi connectivity index (χ1) is 19.8. The molecule has 0 N–H and O–H groups in total. The van der Waals surface area contributed by atoms with Crippen molar-refractivity contribution < 1.29 is 0 Å². The third kappa shape index (κ3) is 3.45. The highest BCUT2D eigenvalue weighted by atomic mass is 15.4. The van der Waals surface area contributed by atoms with E-state index in [4.69, 9.17) is 4.98 Å². The fraction of sp³-hybridized carbons (Fsp3) is 0.0571. The van der Waals surface area contributed by atoms with Crippen molar-refractivity contribution in [2.75, 3.05) is 28.4 Å². The van der Waals surface area contributed by atoms with E-state index >= 15 is 0 Å². The van der Waals surface area contributed by atoms with Gasteiger partial charge in [-0.15, -0.1) is 0 Å². The summed E-state index contributed by atoms with van der Waals surface area (Å²) in [6.45, 7) is 0.815. The van der Waals surface area contributed by atoms with Gasteiger partial charge < -0.3 is 14.7 Å². The van der Waals surface area contributed by atoms with Crippen LogP contribution in [0, 0.1) is 0 Å². The molecular weight excluding hydrogens is 490 g/mol. The molecule has 8 rings (SSSR count). The van der Waals surface area contributed by atoms with Crippen molar-refractivity contribution in [2.24, 2.45) is 0 Å². The van der Waals surface area contributed by atoms with Crippen molar-refractivity contribution in [3.63, 3.8) is 0 Å². The summed E-state index contributed by atoms with van der Waals surface area (Å²) in [7, 11) is 2.15.